The number of benzene rings is 2. The summed E-state index contributed by atoms with van der Waals surface area (Å²) in [7, 11) is 4.21. The second-order valence-electron chi connectivity index (χ2n) is 6.21. The molecule has 0 heterocycles. The fourth-order valence-electron chi connectivity index (χ4n) is 3.33. The Hall–Kier alpha value is -1.59. The summed E-state index contributed by atoms with van der Waals surface area (Å²) in [6, 6.07) is 14.1. The maximum absolute atomic E-state index is 12.8. The van der Waals surface area contributed by atoms with Crippen LogP contribution in [0.2, 0.25) is 0 Å². The Bertz CT molecular complexity index is 788. The average molecular weight is 325 g/mol. The molecule has 0 bridgehead atoms. The van der Waals surface area contributed by atoms with E-state index in [0.717, 1.165) is 31.4 Å². The van der Waals surface area contributed by atoms with E-state index in [1.54, 1.807) is 35.1 Å². The van der Waals surface area contributed by atoms with Gasteiger partial charge in [0.15, 0.2) is 7.98 Å². The third kappa shape index (κ3) is 3.36. The fourth-order valence-corrected chi connectivity index (χ4v) is 4.66. The molecule has 2 aromatic carbocycles. The van der Waals surface area contributed by atoms with Gasteiger partial charge in [-0.1, -0.05) is 24.3 Å². The van der Waals surface area contributed by atoms with Crippen LogP contribution in [0.25, 0.3) is 0 Å². The van der Waals surface area contributed by atoms with Crippen LogP contribution in [0.4, 0.5) is 0 Å². The van der Waals surface area contributed by atoms with Crippen molar-refractivity contribution in [2.75, 3.05) is 13.6 Å². The number of nitrogens with zero attached hydrogens (tertiary/aromatic N) is 1. The minimum Gasteiger partial charge on any atom is -0.356 e. The first kappa shape index (κ1) is 16.3. The molecule has 3 rings (SSSR count). The molecule has 2 aromatic rings. The summed E-state index contributed by atoms with van der Waals surface area (Å²) < 4.78 is 25.5. The summed E-state index contributed by atoms with van der Waals surface area (Å²) in [5.74, 6) is 0.377. The molecule has 1 atom stereocenters. The van der Waals surface area contributed by atoms with Crippen LogP contribution < -0.4 is 0 Å². The monoisotopic (exact) mass is 325 g/mol. The number of likely N-dealkylation sites (N-methyl/N-ethyl adjacent to an activating group) is 1. The van der Waals surface area contributed by atoms with Crippen molar-refractivity contribution in [3.63, 3.8) is 0 Å². The van der Waals surface area contributed by atoms with Crippen molar-refractivity contribution in [2.45, 2.75) is 35.0 Å². The first-order chi connectivity index (χ1) is 11.0. The first-order valence-corrected chi connectivity index (χ1v) is 9.35. The molecule has 0 N–H and O–H groups in total. The molecule has 0 amide bonds. The van der Waals surface area contributed by atoms with E-state index >= 15 is 0 Å². The van der Waals surface area contributed by atoms with E-state index in [-0.39, 0.29) is 0 Å². The topological polar surface area (TPSA) is 37.4 Å². The van der Waals surface area contributed by atoms with Crippen LogP contribution >= 0.6 is 0 Å². The minimum absolute atomic E-state index is 0.342. The Balaban J connectivity index is 1.98. The molecule has 0 saturated heterocycles. The van der Waals surface area contributed by atoms with Crippen molar-refractivity contribution in [1.82, 2.24) is 4.81 Å². The number of fused-ring (bicyclic) bond motifs is 1. The summed E-state index contributed by atoms with van der Waals surface area (Å²) in [5.41, 5.74) is 2.38. The SMILES string of the molecule is [B]N(C)C[C@H]1CCCc2cc(S(=O)(=O)c3ccccc3)ccc21. The van der Waals surface area contributed by atoms with Gasteiger partial charge in [-0.2, -0.15) is 0 Å². The first-order valence-electron chi connectivity index (χ1n) is 7.87. The van der Waals surface area contributed by atoms with Crippen molar-refractivity contribution < 1.29 is 8.42 Å². The zero-order valence-corrected chi connectivity index (χ0v) is 14.1. The van der Waals surface area contributed by atoms with Gasteiger partial charge >= 0.3 is 0 Å². The van der Waals surface area contributed by atoms with E-state index < -0.39 is 9.84 Å². The predicted octanol–water partition coefficient (Wildman–Crippen LogP) is 2.95. The number of hydrogen-bond donors (Lipinski definition) is 0. The zero-order chi connectivity index (χ0) is 16.4. The van der Waals surface area contributed by atoms with Crippen LogP contribution in [-0.4, -0.2) is 34.8 Å². The van der Waals surface area contributed by atoms with Crippen LogP contribution in [0.5, 0.6) is 0 Å². The lowest BCUT2D eigenvalue weighted by molar-refractivity contribution is 0.436. The fraction of sp³-hybridized carbons (Fsp3) is 0.333. The molecule has 3 nitrogen and oxygen atoms in total. The molecular formula is C18H20BNO2S. The number of hydrogen-bond acceptors (Lipinski definition) is 3. The highest BCUT2D eigenvalue weighted by atomic mass is 32.2. The van der Waals surface area contributed by atoms with Crippen molar-refractivity contribution in [3.05, 3.63) is 59.7 Å². The quantitative estimate of drug-likeness (QED) is 0.811. The lowest BCUT2D eigenvalue weighted by Gasteiger charge is -2.28. The summed E-state index contributed by atoms with van der Waals surface area (Å²) in [6.07, 6.45) is 3.10. The standard InChI is InChI=1S/C18H20BNO2S/c1-20(19)13-15-7-5-6-14-12-17(10-11-18(14)15)23(21,22)16-8-3-2-4-9-16/h2-4,8-12,15H,5-7,13H2,1H3/t15-/m1/s1. The van der Waals surface area contributed by atoms with Gasteiger partial charge in [-0.15, -0.1) is 0 Å². The normalized spacial score (nSPS) is 17.9. The Morgan fingerprint density at radius 2 is 1.87 bits per heavy atom. The van der Waals surface area contributed by atoms with E-state index in [1.165, 1.54) is 5.56 Å². The summed E-state index contributed by atoms with van der Waals surface area (Å²) >= 11 is 0. The maximum Gasteiger partial charge on any atom is 0.206 e. The van der Waals surface area contributed by atoms with E-state index in [2.05, 4.69) is 0 Å². The molecule has 5 heteroatoms. The van der Waals surface area contributed by atoms with Gasteiger partial charge in [0.05, 0.1) is 9.79 Å². The van der Waals surface area contributed by atoms with E-state index in [0.29, 0.717) is 15.7 Å². The number of rotatable bonds is 4. The summed E-state index contributed by atoms with van der Waals surface area (Å²) in [5, 5.41) is 0. The highest BCUT2D eigenvalue weighted by molar-refractivity contribution is 7.91. The van der Waals surface area contributed by atoms with Gasteiger partial charge in [-0.25, -0.2) is 8.42 Å². The van der Waals surface area contributed by atoms with Gasteiger partial charge in [0.1, 0.15) is 0 Å². The third-order valence-corrected chi connectivity index (χ3v) is 6.19. The van der Waals surface area contributed by atoms with Gasteiger partial charge in [0, 0.05) is 0 Å². The lowest BCUT2D eigenvalue weighted by Crippen LogP contribution is -2.24. The van der Waals surface area contributed by atoms with Gasteiger partial charge in [-0.05, 0) is 74.2 Å². The summed E-state index contributed by atoms with van der Waals surface area (Å²) in [6.45, 7) is 0.789. The van der Waals surface area contributed by atoms with Gasteiger partial charge in [-0.3, -0.25) is 0 Å². The maximum atomic E-state index is 12.8. The molecular weight excluding hydrogens is 305 g/mol. The largest absolute Gasteiger partial charge is 0.356 e. The van der Waals surface area contributed by atoms with Gasteiger partial charge in [0.2, 0.25) is 9.84 Å². The molecule has 0 saturated carbocycles. The predicted molar refractivity (Wildman–Crippen MR) is 92.4 cm³/mol. The molecule has 0 aliphatic heterocycles. The van der Waals surface area contributed by atoms with E-state index in [4.69, 9.17) is 7.98 Å². The molecule has 1 aliphatic rings. The Kier molecular flexibility index (Phi) is 4.60. The highest BCUT2D eigenvalue weighted by Crippen LogP contribution is 2.34. The highest BCUT2D eigenvalue weighted by Gasteiger charge is 2.24. The van der Waals surface area contributed by atoms with Crippen LogP contribution in [0.15, 0.2) is 58.3 Å². The van der Waals surface area contributed by atoms with E-state index in [1.807, 2.05) is 25.2 Å². The van der Waals surface area contributed by atoms with Crippen molar-refractivity contribution in [2.24, 2.45) is 0 Å². The molecule has 118 valence electrons. The van der Waals surface area contributed by atoms with Crippen LogP contribution in [0.3, 0.4) is 0 Å². The van der Waals surface area contributed by atoms with E-state index in [9.17, 15) is 8.42 Å². The lowest BCUT2D eigenvalue weighted by atomic mass is 9.82. The van der Waals surface area contributed by atoms with Gasteiger partial charge < -0.3 is 4.81 Å². The number of aryl methyl sites for hydroxylation is 1. The summed E-state index contributed by atoms with van der Waals surface area (Å²) in [4.78, 5) is 2.42. The Morgan fingerprint density at radius 3 is 2.57 bits per heavy atom. The molecule has 0 fully saturated rings. The zero-order valence-electron chi connectivity index (χ0n) is 13.3. The van der Waals surface area contributed by atoms with Crippen molar-refractivity contribution in [3.8, 4) is 0 Å². The van der Waals surface area contributed by atoms with Crippen LogP contribution in [0.1, 0.15) is 29.9 Å². The molecule has 23 heavy (non-hydrogen) atoms. The minimum atomic E-state index is -3.45. The Morgan fingerprint density at radius 1 is 1.13 bits per heavy atom. The van der Waals surface area contributed by atoms with Crippen LogP contribution in [-0.2, 0) is 16.3 Å². The second kappa shape index (κ2) is 6.50. The molecule has 2 radical (unpaired) electrons. The molecule has 0 unspecified atom stereocenters. The van der Waals surface area contributed by atoms with Crippen molar-refractivity contribution >= 4 is 17.8 Å². The molecule has 0 spiro atoms. The van der Waals surface area contributed by atoms with Gasteiger partial charge in [0.25, 0.3) is 0 Å². The second-order valence-corrected chi connectivity index (χ2v) is 8.16. The Labute approximate surface area is 139 Å². The van der Waals surface area contributed by atoms with Crippen molar-refractivity contribution in [1.29, 1.82) is 0 Å². The third-order valence-electron chi connectivity index (χ3n) is 4.43. The van der Waals surface area contributed by atoms with Crippen LogP contribution in [0, 0.1) is 0 Å². The number of sulfone groups is 1. The molecule has 0 aromatic heterocycles. The molecule has 1 aliphatic carbocycles. The smallest absolute Gasteiger partial charge is 0.206 e. The average Bonchev–Trinajstić information content (AvgIpc) is 2.55.